The first kappa shape index (κ1) is 13.1. The van der Waals surface area contributed by atoms with Gasteiger partial charge in [0.2, 0.25) is 0 Å². The number of nitrogens with zero attached hydrogens (tertiary/aromatic N) is 2. The number of nitrogens with one attached hydrogen (secondary N) is 1. The number of hydrogen-bond donors (Lipinski definition) is 1. The Morgan fingerprint density at radius 3 is 2.78 bits per heavy atom. The van der Waals surface area contributed by atoms with Gasteiger partial charge in [-0.2, -0.15) is 0 Å². The monoisotopic (exact) mass is 245 g/mol. The lowest BCUT2D eigenvalue weighted by Crippen LogP contribution is -2.33. The van der Waals surface area contributed by atoms with Crippen LogP contribution in [0.5, 0.6) is 0 Å². The summed E-state index contributed by atoms with van der Waals surface area (Å²) < 4.78 is 2.18. The first-order valence-electron chi connectivity index (χ1n) is 6.79. The quantitative estimate of drug-likeness (QED) is 0.876. The van der Waals surface area contributed by atoms with Gasteiger partial charge in [0.15, 0.2) is 0 Å². The van der Waals surface area contributed by atoms with Gasteiger partial charge in [0.1, 0.15) is 5.65 Å². The van der Waals surface area contributed by atoms with Gasteiger partial charge in [-0.3, -0.25) is 0 Å². The molecule has 0 saturated carbocycles. The van der Waals surface area contributed by atoms with E-state index < -0.39 is 0 Å². The number of aromatic nitrogens is 2. The van der Waals surface area contributed by atoms with Crippen molar-refractivity contribution >= 4 is 5.65 Å². The maximum absolute atomic E-state index is 4.58. The third-order valence-corrected chi connectivity index (χ3v) is 3.61. The zero-order valence-electron chi connectivity index (χ0n) is 11.8. The van der Waals surface area contributed by atoms with Crippen molar-refractivity contribution in [3.63, 3.8) is 0 Å². The summed E-state index contributed by atoms with van der Waals surface area (Å²) in [6, 6.07) is 6.70. The fourth-order valence-electron chi connectivity index (χ4n) is 2.46. The molecule has 0 bridgehead atoms. The van der Waals surface area contributed by atoms with Crippen molar-refractivity contribution < 1.29 is 0 Å². The first-order valence-corrected chi connectivity index (χ1v) is 6.79. The van der Waals surface area contributed by atoms with E-state index in [0.717, 1.165) is 24.3 Å². The van der Waals surface area contributed by atoms with Gasteiger partial charge in [-0.15, -0.1) is 0 Å². The number of rotatable bonds is 5. The number of hydrogen-bond acceptors (Lipinski definition) is 2. The van der Waals surface area contributed by atoms with Crippen LogP contribution in [0.4, 0.5) is 0 Å². The summed E-state index contributed by atoms with van der Waals surface area (Å²) in [4.78, 5) is 4.58. The average molecular weight is 245 g/mol. The van der Waals surface area contributed by atoms with Crippen molar-refractivity contribution in [1.82, 2.24) is 14.7 Å². The largest absolute Gasteiger partial charge is 0.308 e. The minimum absolute atomic E-state index is 0.568. The molecule has 0 aliphatic carbocycles. The van der Waals surface area contributed by atoms with Crippen molar-refractivity contribution in [2.45, 2.75) is 46.7 Å². The Morgan fingerprint density at radius 1 is 1.33 bits per heavy atom. The zero-order valence-corrected chi connectivity index (χ0v) is 11.8. The van der Waals surface area contributed by atoms with E-state index in [9.17, 15) is 0 Å². The molecule has 2 aromatic rings. The van der Waals surface area contributed by atoms with Crippen molar-refractivity contribution in [2.24, 2.45) is 5.92 Å². The molecule has 18 heavy (non-hydrogen) atoms. The molecule has 1 N–H and O–H groups in total. The Morgan fingerprint density at radius 2 is 2.11 bits per heavy atom. The van der Waals surface area contributed by atoms with Crippen LogP contribution in [0.15, 0.2) is 24.4 Å². The summed E-state index contributed by atoms with van der Waals surface area (Å²) in [7, 11) is 0. The lowest BCUT2D eigenvalue weighted by atomic mass is 10.0. The molecular weight excluding hydrogens is 222 g/mol. The molecule has 1 unspecified atom stereocenters. The van der Waals surface area contributed by atoms with Crippen LogP contribution in [0, 0.1) is 12.8 Å². The van der Waals surface area contributed by atoms with Gasteiger partial charge in [-0.25, -0.2) is 4.98 Å². The third kappa shape index (κ3) is 2.56. The molecule has 3 nitrogen and oxygen atoms in total. The smallest absolute Gasteiger partial charge is 0.137 e. The molecule has 1 atom stereocenters. The molecule has 98 valence electrons. The number of pyridine rings is 1. The summed E-state index contributed by atoms with van der Waals surface area (Å²) >= 11 is 0. The van der Waals surface area contributed by atoms with E-state index in [4.69, 9.17) is 0 Å². The van der Waals surface area contributed by atoms with Crippen molar-refractivity contribution in [3.05, 3.63) is 35.8 Å². The topological polar surface area (TPSA) is 29.3 Å². The fourth-order valence-corrected chi connectivity index (χ4v) is 2.46. The Bertz CT molecular complexity index is 513. The molecule has 0 aromatic carbocycles. The van der Waals surface area contributed by atoms with Gasteiger partial charge in [0.25, 0.3) is 0 Å². The number of fused-ring (bicyclic) bond motifs is 1. The molecule has 0 aliphatic rings. The highest BCUT2D eigenvalue weighted by atomic mass is 15.0. The van der Waals surface area contributed by atoms with Crippen LogP contribution >= 0.6 is 0 Å². The van der Waals surface area contributed by atoms with Crippen LogP contribution in [0.3, 0.4) is 0 Å². The predicted molar refractivity (Wildman–Crippen MR) is 75.7 cm³/mol. The standard InChI is InChI=1S/C15H23N3/c1-5-13(11(2)3)16-10-14-12(4)17-15-8-6-7-9-18(14)15/h6-9,11,13,16H,5,10H2,1-4H3. The van der Waals surface area contributed by atoms with E-state index in [1.807, 2.05) is 6.07 Å². The highest BCUT2D eigenvalue weighted by Gasteiger charge is 2.13. The summed E-state index contributed by atoms with van der Waals surface area (Å²) in [5, 5.41) is 3.64. The summed E-state index contributed by atoms with van der Waals surface area (Å²) in [6.07, 6.45) is 3.25. The zero-order chi connectivity index (χ0) is 13.1. The average Bonchev–Trinajstić information content (AvgIpc) is 2.66. The maximum Gasteiger partial charge on any atom is 0.137 e. The Kier molecular flexibility index (Phi) is 4.02. The first-order chi connectivity index (χ1) is 8.63. The molecule has 0 fully saturated rings. The van der Waals surface area contributed by atoms with E-state index in [2.05, 4.69) is 60.7 Å². The maximum atomic E-state index is 4.58. The molecule has 3 heteroatoms. The SMILES string of the molecule is CCC(NCc1c(C)nc2ccccn12)C(C)C. The van der Waals surface area contributed by atoms with Crippen molar-refractivity contribution in [2.75, 3.05) is 0 Å². The molecule has 0 radical (unpaired) electrons. The number of aryl methyl sites for hydroxylation is 1. The second-order valence-electron chi connectivity index (χ2n) is 5.21. The van der Waals surface area contributed by atoms with Gasteiger partial charge >= 0.3 is 0 Å². The normalized spacial score (nSPS) is 13.4. The minimum Gasteiger partial charge on any atom is -0.308 e. The highest BCUT2D eigenvalue weighted by molar-refractivity contribution is 5.42. The number of imidazole rings is 1. The molecule has 2 aromatic heterocycles. The molecule has 2 rings (SSSR count). The van der Waals surface area contributed by atoms with Crippen molar-refractivity contribution in [1.29, 1.82) is 0 Å². The van der Waals surface area contributed by atoms with Crippen LogP contribution < -0.4 is 5.32 Å². The van der Waals surface area contributed by atoms with E-state index in [1.165, 1.54) is 5.69 Å². The molecule has 0 amide bonds. The van der Waals surface area contributed by atoms with Gasteiger partial charge < -0.3 is 9.72 Å². The lowest BCUT2D eigenvalue weighted by Gasteiger charge is -2.20. The Hall–Kier alpha value is -1.35. The van der Waals surface area contributed by atoms with Crippen LogP contribution in [0.1, 0.15) is 38.6 Å². The summed E-state index contributed by atoms with van der Waals surface area (Å²) in [5.74, 6) is 0.662. The minimum atomic E-state index is 0.568. The van der Waals surface area contributed by atoms with Gasteiger partial charge in [0.05, 0.1) is 11.4 Å². The molecule has 2 heterocycles. The van der Waals surface area contributed by atoms with Crippen LogP contribution in [-0.2, 0) is 6.54 Å². The molecule has 0 spiro atoms. The van der Waals surface area contributed by atoms with Crippen molar-refractivity contribution in [3.8, 4) is 0 Å². The van der Waals surface area contributed by atoms with Gasteiger partial charge in [-0.1, -0.05) is 26.8 Å². The molecular formula is C15H23N3. The van der Waals surface area contributed by atoms with Crippen LogP contribution in [-0.4, -0.2) is 15.4 Å². The second kappa shape index (κ2) is 5.53. The Labute approximate surface area is 109 Å². The van der Waals surface area contributed by atoms with E-state index in [-0.39, 0.29) is 0 Å². The van der Waals surface area contributed by atoms with E-state index >= 15 is 0 Å². The van der Waals surface area contributed by atoms with Crippen LogP contribution in [0.25, 0.3) is 5.65 Å². The fraction of sp³-hybridized carbons (Fsp3) is 0.533. The van der Waals surface area contributed by atoms with Gasteiger partial charge in [-0.05, 0) is 31.4 Å². The van der Waals surface area contributed by atoms with Gasteiger partial charge in [0, 0.05) is 18.8 Å². The Balaban J connectivity index is 2.19. The van der Waals surface area contributed by atoms with E-state index in [0.29, 0.717) is 12.0 Å². The van der Waals surface area contributed by atoms with Crippen LogP contribution in [0.2, 0.25) is 0 Å². The third-order valence-electron chi connectivity index (χ3n) is 3.61. The summed E-state index contributed by atoms with van der Waals surface area (Å²) in [6.45, 7) is 9.73. The molecule has 0 aliphatic heterocycles. The highest BCUT2D eigenvalue weighted by Crippen LogP contribution is 2.13. The summed E-state index contributed by atoms with van der Waals surface area (Å²) in [5.41, 5.74) is 3.42. The second-order valence-corrected chi connectivity index (χ2v) is 5.21. The lowest BCUT2D eigenvalue weighted by molar-refractivity contribution is 0.385. The predicted octanol–water partition coefficient (Wildman–Crippen LogP) is 3.17. The molecule has 0 saturated heterocycles. The van der Waals surface area contributed by atoms with E-state index in [1.54, 1.807) is 0 Å².